The number of carbonyl (C=O) groups excluding carboxylic acids is 2. The van der Waals surface area contributed by atoms with Gasteiger partial charge in [0.15, 0.2) is 0 Å². The Balaban J connectivity index is 1.74. The van der Waals surface area contributed by atoms with Crippen molar-refractivity contribution in [1.82, 2.24) is 10.7 Å². The predicted octanol–water partition coefficient (Wildman–Crippen LogP) is 2.90. The number of hydrazine groups is 1. The molecule has 138 valence electrons. The summed E-state index contributed by atoms with van der Waals surface area (Å²) in [7, 11) is 0. The topological polar surface area (TPSA) is 70.2 Å². The Morgan fingerprint density at radius 2 is 1.54 bits per heavy atom. The van der Waals surface area contributed by atoms with Crippen molar-refractivity contribution in [3.05, 3.63) is 65.7 Å². The molecule has 2 aromatic carbocycles. The van der Waals surface area contributed by atoms with Crippen LogP contribution in [0.4, 0.5) is 18.9 Å². The average molecular weight is 365 g/mol. The lowest BCUT2D eigenvalue weighted by Gasteiger charge is -2.15. The van der Waals surface area contributed by atoms with Crippen LogP contribution >= 0.6 is 0 Å². The number of rotatable bonds is 7. The minimum atomic E-state index is -4.53. The molecule has 5 nitrogen and oxygen atoms in total. The van der Waals surface area contributed by atoms with E-state index < -0.39 is 17.6 Å². The largest absolute Gasteiger partial charge is 0.418 e. The Kier molecular flexibility index (Phi) is 6.60. The summed E-state index contributed by atoms with van der Waals surface area (Å²) in [6.07, 6.45) is -4.40. The second-order valence-electron chi connectivity index (χ2n) is 5.48. The van der Waals surface area contributed by atoms with Gasteiger partial charge in [-0.1, -0.05) is 42.5 Å². The first-order chi connectivity index (χ1) is 12.4. The molecule has 2 amide bonds. The van der Waals surface area contributed by atoms with Crippen molar-refractivity contribution >= 4 is 17.5 Å². The van der Waals surface area contributed by atoms with Crippen molar-refractivity contribution in [2.75, 3.05) is 12.0 Å². The number of para-hydroxylation sites is 1. The van der Waals surface area contributed by atoms with Crippen LogP contribution < -0.4 is 16.2 Å². The lowest BCUT2D eigenvalue weighted by molar-refractivity contribution is -0.137. The van der Waals surface area contributed by atoms with E-state index in [2.05, 4.69) is 16.2 Å². The number of hydrogen-bond acceptors (Lipinski definition) is 3. The zero-order chi connectivity index (χ0) is 19.0. The van der Waals surface area contributed by atoms with Gasteiger partial charge in [0.05, 0.1) is 17.7 Å². The van der Waals surface area contributed by atoms with E-state index in [9.17, 15) is 22.8 Å². The number of carbonyl (C=O) groups is 2. The molecule has 2 rings (SSSR count). The van der Waals surface area contributed by atoms with Gasteiger partial charge in [-0.05, 0) is 17.7 Å². The third kappa shape index (κ3) is 6.12. The number of anilines is 1. The van der Waals surface area contributed by atoms with Gasteiger partial charge in [-0.3, -0.25) is 20.4 Å². The molecule has 2 aromatic rings. The summed E-state index contributed by atoms with van der Waals surface area (Å²) in [4.78, 5) is 23.5. The van der Waals surface area contributed by atoms with E-state index in [1.54, 1.807) is 0 Å². The molecule has 3 N–H and O–H groups in total. The minimum absolute atomic E-state index is 0.0677. The van der Waals surface area contributed by atoms with Gasteiger partial charge in [-0.15, -0.1) is 0 Å². The standard InChI is InChI=1S/C18H18F3N3O2/c19-18(20,21)14-8-4-5-9-15(14)23-24-16(25)10-11-22-17(26)12-13-6-2-1-3-7-13/h1-9,23H,10-12H2,(H,22,26)(H,24,25). The van der Waals surface area contributed by atoms with E-state index in [4.69, 9.17) is 0 Å². The van der Waals surface area contributed by atoms with Gasteiger partial charge in [0.25, 0.3) is 0 Å². The van der Waals surface area contributed by atoms with Crippen molar-refractivity contribution in [3.8, 4) is 0 Å². The fourth-order valence-electron chi connectivity index (χ4n) is 2.20. The van der Waals surface area contributed by atoms with E-state index >= 15 is 0 Å². The Labute approximate surface area is 148 Å². The predicted molar refractivity (Wildman–Crippen MR) is 91.0 cm³/mol. The van der Waals surface area contributed by atoms with Crippen LogP contribution in [0.2, 0.25) is 0 Å². The quantitative estimate of drug-likeness (QED) is 0.661. The van der Waals surface area contributed by atoms with Crippen LogP contribution in [0.15, 0.2) is 54.6 Å². The van der Waals surface area contributed by atoms with Crippen molar-refractivity contribution < 1.29 is 22.8 Å². The van der Waals surface area contributed by atoms with Crippen molar-refractivity contribution in [3.63, 3.8) is 0 Å². The molecule has 0 aliphatic carbocycles. The second kappa shape index (κ2) is 8.89. The fourth-order valence-corrected chi connectivity index (χ4v) is 2.20. The molecule has 0 spiro atoms. The fraction of sp³-hybridized carbons (Fsp3) is 0.222. The first-order valence-corrected chi connectivity index (χ1v) is 7.88. The lowest BCUT2D eigenvalue weighted by atomic mass is 10.1. The SMILES string of the molecule is O=C(Cc1ccccc1)NCCC(=O)NNc1ccccc1C(F)(F)F. The number of alkyl halides is 3. The molecule has 26 heavy (non-hydrogen) atoms. The Morgan fingerprint density at radius 3 is 2.23 bits per heavy atom. The van der Waals surface area contributed by atoms with Crippen LogP contribution in [-0.4, -0.2) is 18.4 Å². The molecule has 8 heteroatoms. The molecule has 0 saturated carbocycles. The summed E-state index contributed by atoms with van der Waals surface area (Å²) >= 11 is 0. The highest BCUT2D eigenvalue weighted by molar-refractivity contribution is 5.81. The monoisotopic (exact) mass is 365 g/mol. The van der Waals surface area contributed by atoms with Gasteiger partial charge in [-0.2, -0.15) is 13.2 Å². The molecule has 0 aliphatic rings. The molecule has 0 unspecified atom stereocenters. The average Bonchev–Trinajstić information content (AvgIpc) is 2.60. The van der Waals surface area contributed by atoms with Gasteiger partial charge in [0.2, 0.25) is 11.8 Å². The molecule has 0 heterocycles. The lowest BCUT2D eigenvalue weighted by Crippen LogP contribution is -2.34. The van der Waals surface area contributed by atoms with E-state index in [1.165, 1.54) is 18.2 Å². The van der Waals surface area contributed by atoms with E-state index in [0.29, 0.717) is 0 Å². The Bertz CT molecular complexity index is 749. The number of amides is 2. The third-order valence-electron chi connectivity index (χ3n) is 3.45. The number of halogens is 3. The molecule has 0 aliphatic heterocycles. The molecular weight excluding hydrogens is 347 g/mol. The number of hydrogen-bond donors (Lipinski definition) is 3. The summed E-state index contributed by atoms with van der Waals surface area (Å²) in [6, 6.07) is 13.9. The third-order valence-corrected chi connectivity index (χ3v) is 3.45. The highest BCUT2D eigenvalue weighted by Crippen LogP contribution is 2.34. The van der Waals surface area contributed by atoms with E-state index in [-0.39, 0.29) is 31.0 Å². The van der Waals surface area contributed by atoms with E-state index in [1.807, 2.05) is 30.3 Å². The summed E-state index contributed by atoms with van der Waals surface area (Å²) in [5, 5.41) is 2.59. The maximum atomic E-state index is 12.8. The molecular formula is C18H18F3N3O2. The van der Waals surface area contributed by atoms with Gasteiger partial charge < -0.3 is 5.32 Å². The van der Waals surface area contributed by atoms with Crippen LogP contribution in [0, 0.1) is 0 Å². The zero-order valence-electron chi connectivity index (χ0n) is 13.8. The van der Waals surface area contributed by atoms with Crippen molar-refractivity contribution in [1.29, 1.82) is 0 Å². The Hall–Kier alpha value is -3.03. The molecule has 0 saturated heterocycles. The first-order valence-electron chi connectivity index (χ1n) is 7.88. The van der Waals surface area contributed by atoms with Gasteiger partial charge in [-0.25, -0.2) is 0 Å². The van der Waals surface area contributed by atoms with Gasteiger partial charge >= 0.3 is 6.18 Å². The van der Waals surface area contributed by atoms with Crippen LogP contribution in [-0.2, 0) is 22.2 Å². The summed E-state index contributed by atoms with van der Waals surface area (Å²) in [5.41, 5.74) is 4.18. The minimum Gasteiger partial charge on any atom is -0.355 e. The summed E-state index contributed by atoms with van der Waals surface area (Å²) in [6.45, 7) is 0.0834. The molecule has 0 atom stereocenters. The highest BCUT2D eigenvalue weighted by Gasteiger charge is 2.33. The van der Waals surface area contributed by atoms with Crippen molar-refractivity contribution in [2.45, 2.75) is 19.0 Å². The van der Waals surface area contributed by atoms with Crippen LogP contribution in [0.5, 0.6) is 0 Å². The summed E-state index contributed by atoms with van der Waals surface area (Å²) < 4.78 is 38.5. The van der Waals surface area contributed by atoms with Crippen LogP contribution in [0.1, 0.15) is 17.5 Å². The zero-order valence-corrected chi connectivity index (χ0v) is 13.8. The maximum absolute atomic E-state index is 12.8. The normalized spacial score (nSPS) is 10.9. The molecule has 0 fully saturated rings. The Morgan fingerprint density at radius 1 is 0.885 bits per heavy atom. The second-order valence-corrected chi connectivity index (χ2v) is 5.48. The smallest absolute Gasteiger partial charge is 0.355 e. The van der Waals surface area contributed by atoms with Gasteiger partial charge in [0, 0.05) is 13.0 Å². The van der Waals surface area contributed by atoms with E-state index in [0.717, 1.165) is 11.6 Å². The van der Waals surface area contributed by atoms with Crippen molar-refractivity contribution in [2.24, 2.45) is 0 Å². The molecule has 0 bridgehead atoms. The molecule has 0 radical (unpaired) electrons. The number of benzene rings is 2. The summed E-state index contributed by atoms with van der Waals surface area (Å²) in [5.74, 6) is -0.777. The maximum Gasteiger partial charge on any atom is 0.418 e. The van der Waals surface area contributed by atoms with Crippen LogP contribution in [0.25, 0.3) is 0 Å². The van der Waals surface area contributed by atoms with Crippen LogP contribution in [0.3, 0.4) is 0 Å². The number of nitrogens with one attached hydrogen (secondary N) is 3. The molecule has 0 aromatic heterocycles. The highest BCUT2D eigenvalue weighted by atomic mass is 19.4. The first kappa shape index (κ1) is 19.3. The van der Waals surface area contributed by atoms with Gasteiger partial charge in [0.1, 0.15) is 0 Å².